The molecule has 1 aliphatic rings. The van der Waals surface area contributed by atoms with Gasteiger partial charge in [0.2, 0.25) is 5.76 Å². The zero-order valence-corrected chi connectivity index (χ0v) is 12.1. The Hall–Kier alpha value is -1.72. The standard InChI is InChI=1S/C13H20O6/c1-7(2)16-10-11(17-8(3)4)13(6,18-9(5)14)19-12(10)15/h7-8H,1-6H3. The molecule has 108 valence electrons. The molecule has 0 aromatic rings. The van der Waals surface area contributed by atoms with Crippen LogP contribution in [0.3, 0.4) is 0 Å². The highest BCUT2D eigenvalue weighted by Gasteiger charge is 2.51. The third-order valence-electron chi connectivity index (χ3n) is 2.14. The van der Waals surface area contributed by atoms with Crippen molar-refractivity contribution < 1.29 is 28.5 Å². The minimum absolute atomic E-state index is 0.0487. The molecular weight excluding hydrogens is 252 g/mol. The molecule has 0 saturated heterocycles. The molecule has 0 radical (unpaired) electrons. The second kappa shape index (κ2) is 5.50. The van der Waals surface area contributed by atoms with E-state index < -0.39 is 17.7 Å². The van der Waals surface area contributed by atoms with Crippen molar-refractivity contribution in [3.05, 3.63) is 11.5 Å². The molecule has 0 aromatic carbocycles. The van der Waals surface area contributed by atoms with Gasteiger partial charge < -0.3 is 18.9 Å². The molecule has 1 heterocycles. The van der Waals surface area contributed by atoms with Crippen molar-refractivity contribution in [2.24, 2.45) is 0 Å². The Bertz CT molecular complexity index is 409. The summed E-state index contributed by atoms with van der Waals surface area (Å²) in [6.07, 6.45) is -0.446. The first-order chi connectivity index (χ1) is 8.65. The lowest BCUT2D eigenvalue weighted by atomic mass is 10.2. The van der Waals surface area contributed by atoms with Crippen LogP contribution in [-0.4, -0.2) is 29.9 Å². The second-order valence-electron chi connectivity index (χ2n) is 4.92. The predicted molar refractivity (Wildman–Crippen MR) is 65.7 cm³/mol. The largest absolute Gasteiger partial charge is 0.484 e. The smallest absolute Gasteiger partial charge is 0.381 e. The van der Waals surface area contributed by atoms with Crippen LogP contribution in [0.1, 0.15) is 41.5 Å². The van der Waals surface area contributed by atoms with Gasteiger partial charge in [-0.25, -0.2) is 4.79 Å². The number of carbonyl (C=O) groups excluding carboxylic acids is 2. The van der Waals surface area contributed by atoms with Crippen LogP contribution >= 0.6 is 0 Å². The highest BCUT2D eigenvalue weighted by atomic mass is 16.8. The Labute approximate surface area is 112 Å². The van der Waals surface area contributed by atoms with E-state index >= 15 is 0 Å². The van der Waals surface area contributed by atoms with E-state index in [0.29, 0.717) is 0 Å². The fourth-order valence-corrected chi connectivity index (χ4v) is 1.64. The highest BCUT2D eigenvalue weighted by Crippen LogP contribution is 2.36. The van der Waals surface area contributed by atoms with Gasteiger partial charge in [0.05, 0.1) is 12.2 Å². The van der Waals surface area contributed by atoms with Gasteiger partial charge in [-0.3, -0.25) is 4.79 Å². The number of ether oxygens (including phenoxy) is 4. The van der Waals surface area contributed by atoms with E-state index in [1.54, 1.807) is 27.7 Å². The first kappa shape index (κ1) is 15.3. The van der Waals surface area contributed by atoms with Gasteiger partial charge in [0.25, 0.3) is 5.76 Å². The summed E-state index contributed by atoms with van der Waals surface area (Å²) in [6, 6.07) is 0. The van der Waals surface area contributed by atoms with Crippen LogP contribution in [0, 0.1) is 0 Å². The van der Waals surface area contributed by atoms with Crippen molar-refractivity contribution in [2.75, 3.05) is 0 Å². The summed E-state index contributed by atoms with van der Waals surface area (Å²) in [5.41, 5.74) is 0. The maximum atomic E-state index is 11.8. The van der Waals surface area contributed by atoms with Crippen LogP contribution in [0.2, 0.25) is 0 Å². The third-order valence-corrected chi connectivity index (χ3v) is 2.14. The average molecular weight is 272 g/mol. The van der Waals surface area contributed by atoms with E-state index in [4.69, 9.17) is 18.9 Å². The number of esters is 2. The quantitative estimate of drug-likeness (QED) is 0.712. The molecule has 1 atom stereocenters. The first-order valence-electron chi connectivity index (χ1n) is 6.16. The van der Waals surface area contributed by atoms with Gasteiger partial charge in [-0.1, -0.05) is 0 Å². The molecule has 0 aliphatic carbocycles. The molecule has 0 aromatic heterocycles. The van der Waals surface area contributed by atoms with Gasteiger partial charge in [0.15, 0.2) is 0 Å². The molecule has 0 saturated carbocycles. The number of hydrogen-bond acceptors (Lipinski definition) is 6. The van der Waals surface area contributed by atoms with E-state index in [2.05, 4.69) is 0 Å². The van der Waals surface area contributed by atoms with Crippen LogP contribution in [0.25, 0.3) is 0 Å². The zero-order chi connectivity index (χ0) is 14.8. The van der Waals surface area contributed by atoms with Crippen LogP contribution in [-0.2, 0) is 28.5 Å². The molecule has 19 heavy (non-hydrogen) atoms. The molecule has 0 bridgehead atoms. The van der Waals surface area contributed by atoms with Crippen LogP contribution < -0.4 is 0 Å². The van der Waals surface area contributed by atoms with Crippen molar-refractivity contribution in [2.45, 2.75) is 59.5 Å². The van der Waals surface area contributed by atoms with Crippen molar-refractivity contribution in [1.29, 1.82) is 0 Å². The monoisotopic (exact) mass is 272 g/mol. The molecule has 0 amide bonds. The van der Waals surface area contributed by atoms with Crippen molar-refractivity contribution >= 4 is 11.9 Å². The van der Waals surface area contributed by atoms with Crippen LogP contribution in [0.15, 0.2) is 11.5 Å². The second-order valence-corrected chi connectivity index (χ2v) is 4.92. The molecule has 1 unspecified atom stereocenters. The zero-order valence-electron chi connectivity index (χ0n) is 12.1. The van der Waals surface area contributed by atoms with Gasteiger partial charge in [-0.15, -0.1) is 0 Å². The molecule has 1 rings (SSSR count). The lowest BCUT2D eigenvalue weighted by Gasteiger charge is -2.26. The minimum atomic E-state index is -1.57. The Balaban J connectivity index is 3.16. The summed E-state index contributed by atoms with van der Waals surface area (Å²) < 4.78 is 21.1. The van der Waals surface area contributed by atoms with E-state index in [1.165, 1.54) is 13.8 Å². The SMILES string of the molecule is CC(=O)OC1(C)OC(=O)C(OC(C)C)=C1OC(C)C. The Morgan fingerprint density at radius 2 is 1.68 bits per heavy atom. The van der Waals surface area contributed by atoms with Crippen LogP contribution in [0.5, 0.6) is 0 Å². The minimum Gasteiger partial charge on any atom is -0.484 e. The molecular formula is C13H20O6. The van der Waals surface area contributed by atoms with Gasteiger partial charge in [0.1, 0.15) is 0 Å². The van der Waals surface area contributed by atoms with E-state index in [9.17, 15) is 9.59 Å². The molecule has 1 aliphatic heterocycles. The molecule has 6 nitrogen and oxygen atoms in total. The highest BCUT2D eigenvalue weighted by molar-refractivity contribution is 5.90. The molecule has 0 spiro atoms. The summed E-state index contributed by atoms with van der Waals surface area (Å²) in [5.74, 6) is -2.81. The van der Waals surface area contributed by atoms with Crippen molar-refractivity contribution in [1.82, 2.24) is 0 Å². The van der Waals surface area contributed by atoms with Gasteiger partial charge in [0, 0.05) is 13.8 Å². The van der Waals surface area contributed by atoms with E-state index in [0.717, 1.165) is 0 Å². The topological polar surface area (TPSA) is 71.1 Å². The number of rotatable bonds is 5. The number of hydrogen-bond donors (Lipinski definition) is 0. The first-order valence-corrected chi connectivity index (χ1v) is 6.16. The van der Waals surface area contributed by atoms with Gasteiger partial charge in [-0.05, 0) is 27.7 Å². The van der Waals surface area contributed by atoms with Gasteiger partial charge in [-0.2, -0.15) is 0 Å². The summed E-state index contributed by atoms with van der Waals surface area (Å²) in [4.78, 5) is 23.0. The van der Waals surface area contributed by atoms with E-state index in [-0.39, 0.29) is 23.7 Å². The summed E-state index contributed by atoms with van der Waals surface area (Å²) in [5, 5.41) is 0. The summed E-state index contributed by atoms with van der Waals surface area (Å²) in [7, 11) is 0. The fraction of sp³-hybridized carbons (Fsp3) is 0.692. The maximum absolute atomic E-state index is 11.8. The predicted octanol–water partition coefficient (Wildman–Crippen LogP) is 1.88. The third kappa shape index (κ3) is 3.62. The normalized spacial score (nSPS) is 22.8. The molecule has 6 heteroatoms. The van der Waals surface area contributed by atoms with Gasteiger partial charge >= 0.3 is 17.7 Å². The number of carbonyl (C=O) groups is 2. The fourth-order valence-electron chi connectivity index (χ4n) is 1.64. The lowest BCUT2D eigenvalue weighted by molar-refractivity contribution is -0.210. The van der Waals surface area contributed by atoms with Crippen LogP contribution in [0.4, 0.5) is 0 Å². The Morgan fingerprint density at radius 1 is 1.16 bits per heavy atom. The van der Waals surface area contributed by atoms with E-state index in [1.807, 2.05) is 0 Å². The Morgan fingerprint density at radius 3 is 2.11 bits per heavy atom. The maximum Gasteiger partial charge on any atom is 0.381 e. The summed E-state index contributed by atoms with van der Waals surface area (Å²) in [6.45, 7) is 9.80. The average Bonchev–Trinajstić information content (AvgIpc) is 2.39. The Kier molecular flexibility index (Phi) is 4.44. The van der Waals surface area contributed by atoms with Crippen molar-refractivity contribution in [3.63, 3.8) is 0 Å². The molecule has 0 fully saturated rings. The molecule has 0 N–H and O–H groups in total. The lowest BCUT2D eigenvalue weighted by Crippen LogP contribution is -2.35. The number of cyclic esters (lactones) is 1. The summed E-state index contributed by atoms with van der Waals surface area (Å²) >= 11 is 0. The van der Waals surface area contributed by atoms with Crippen molar-refractivity contribution in [3.8, 4) is 0 Å².